The summed E-state index contributed by atoms with van der Waals surface area (Å²) < 4.78 is 6.61. The molecule has 0 amide bonds. The topological polar surface area (TPSA) is 90.4 Å². The van der Waals surface area contributed by atoms with Crippen LogP contribution in [0.4, 0.5) is 0 Å². The fourth-order valence-corrected chi connectivity index (χ4v) is 3.45. The Kier molecular flexibility index (Phi) is 7.75. The molecule has 1 aromatic carbocycles. The molecular formula is C16H22ClN3O3S. The zero-order valence-electron chi connectivity index (χ0n) is 13.9. The van der Waals surface area contributed by atoms with Crippen molar-refractivity contribution in [2.75, 3.05) is 13.7 Å². The Bertz CT molecular complexity index is 706. The third-order valence-electron chi connectivity index (χ3n) is 3.49. The quantitative estimate of drug-likeness (QED) is 0.754. The van der Waals surface area contributed by atoms with Gasteiger partial charge in [-0.2, -0.15) is 5.10 Å². The van der Waals surface area contributed by atoms with Crippen molar-refractivity contribution in [2.45, 2.75) is 29.3 Å². The van der Waals surface area contributed by atoms with Gasteiger partial charge in [0.05, 0.1) is 25.0 Å². The van der Waals surface area contributed by atoms with Crippen LogP contribution in [-0.2, 0) is 18.2 Å². The third kappa shape index (κ3) is 4.51. The summed E-state index contributed by atoms with van der Waals surface area (Å²) in [7, 11) is 3.22. The van der Waals surface area contributed by atoms with Gasteiger partial charge in [-0.25, -0.2) is 4.79 Å². The molecule has 0 saturated heterocycles. The highest BCUT2D eigenvalue weighted by Gasteiger charge is 2.19. The maximum atomic E-state index is 11.9. The van der Waals surface area contributed by atoms with Crippen LogP contribution in [0.3, 0.4) is 0 Å². The van der Waals surface area contributed by atoms with Gasteiger partial charge in [0.25, 0.3) is 0 Å². The number of halogens is 1. The summed E-state index contributed by atoms with van der Waals surface area (Å²) in [6, 6.07) is 6.93. The first-order chi connectivity index (χ1) is 11.0. The highest BCUT2D eigenvalue weighted by atomic mass is 35.5. The Balaban J connectivity index is 0.00000288. The number of carbonyl (C=O) groups excluding carboxylic acids is 1. The summed E-state index contributed by atoms with van der Waals surface area (Å²) >= 11 is 1.45. The van der Waals surface area contributed by atoms with Gasteiger partial charge < -0.3 is 15.6 Å². The van der Waals surface area contributed by atoms with Crippen molar-refractivity contribution in [1.29, 1.82) is 0 Å². The Hall–Kier alpha value is -1.54. The highest BCUT2D eigenvalue weighted by molar-refractivity contribution is 7.99. The summed E-state index contributed by atoms with van der Waals surface area (Å²) in [6.45, 7) is 1.83. The van der Waals surface area contributed by atoms with E-state index in [1.807, 2.05) is 26.1 Å². The van der Waals surface area contributed by atoms with Crippen LogP contribution >= 0.6 is 24.2 Å². The first-order valence-corrected chi connectivity index (χ1v) is 8.03. The van der Waals surface area contributed by atoms with E-state index in [1.165, 1.54) is 18.9 Å². The standard InChI is InChI=1S/C16H21N3O3S.ClH/c1-10-13(8-11(17)9-20)15(19(2)18-10)23-14-7-5-4-6-12(14)16(21)22-3;/h4-7,11,20H,8-9,17H2,1-3H3;1H. The average Bonchev–Trinajstić information content (AvgIpc) is 2.81. The third-order valence-corrected chi connectivity index (χ3v) is 4.77. The van der Waals surface area contributed by atoms with E-state index in [2.05, 4.69) is 5.10 Å². The smallest absolute Gasteiger partial charge is 0.339 e. The second kappa shape index (κ2) is 9.08. The number of aromatic nitrogens is 2. The molecule has 2 rings (SSSR count). The lowest BCUT2D eigenvalue weighted by Crippen LogP contribution is -2.27. The number of rotatable bonds is 6. The molecule has 3 N–H and O–H groups in total. The predicted octanol–water partition coefficient (Wildman–Crippen LogP) is 1.95. The normalized spacial score (nSPS) is 11.7. The number of aliphatic hydroxyl groups excluding tert-OH is 1. The van der Waals surface area contributed by atoms with Gasteiger partial charge in [-0.15, -0.1) is 12.4 Å². The van der Waals surface area contributed by atoms with Gasteiger partial charge in [0.2, 0.25) is 0 Å². The number of nitrogens with two attached hydrogens (primary N) is 1. The van der Waals surface area contributed by atoms with Crippen molar-refractivity contribution in [3.05, 3.63) is 41.1 Å². The molecule has 1 heterocycles. The molecule has 0 radical (unpaired) electrons. The van der Waals surface area contributed by atoms with Crippen LogP contribution in [0.25, 0.3) is 0 Å². The first kappa shape index (κ1) is 20.5. The monoisotopic (exact) mass is 371 g/mol. The van der Waals surface area contributed by atoms with Crippen LogP contribution in [0.15, 0.2) is 34.2 Å². The van der Waals surface area contributed by atoms with E-state index in [-0.39, 0.29) is 31.0 Å². The Morgan fingerprint density at radius 1 is 1.46 bits per heavy atom. The number of hydrogen-bond acceptors (Lipinski definition) is 6. The van der Waals surface area contributed by atoms with Gasteiger partial charge in [0.1, 0.15) is 5.03 Å². The number of hydrogen-bond donors (Lipinski definition) is 2. The number of nitrogens with zero attached hydrogens (tertiary/aromatic N) is 2. The van der Waals surface area contributed by atoms with E-state index in [9.17, 15) is 9.90 Å². The lowest BCUT2D eigenvalue weighted by Gasteiger charge is -2.12. The van der Waals surface area contributed by atoms with Crippen molar-refractivity contribution < 1.29 is 14.6 Å². The molecule has 2 aromatic rings. The average molecular weight is 372 g/mol. The molecule has 0 aliphatic carbocycles. The van der Waals surface area contributed by atoms with E-state index in [4.69, 9.17) is 10.5 Å². The van der Waals surface area contributed by atoms with Crippen molar-refractivity contribution >= 4 is 30.1 Å². The van der Waals surface area contributed by atoms with Gasteiger partial charge in [-0.1, -0.05) is 23.9 Å². The number of carbonyl (C=O) groups is 1. The molecule has 6 nitrogen and oxygen atoms in total. The van der Waals surface area contributed by atoms with Crippen LogP contribution < -0.4 is 5.73 Å². The van der Waals surface area contributed by atoms with Gasteiger partial charge in [0, 0.05) is 23.5 Å². The number of esters is 1. The van der Waals surface area contributed by atoms with Crippen molar-refractivity contribution in [2.24, 2.45) is 12.8 Å². The number of aliphatic hydroxyl groups is 1. The summed E-state index contributed by atoms with van der Waals surface area (Å²) in [4.78, 5) is 12.7. The second-order valence-electron chi connectivity index (χ2n) is 5.23. The maximum Gasteiger partial charge on any atom is 0.339 e. The van der Waals surface area contributed by atoms with Crippen LogP contribution in [0.2, 0.25) is 0 Å². The minimum absolute atomic E-state index is 0. The van der Waals surface area contributed by atoms with Gasteiger partial charge in [0.15, 0.2) is 0 Å². The summed E-state index contributed by atoms with van der Waals surface area (Å²) in [5, 5.41) is 14.5. The minimum Gasteiger partial charge on any atom is -0.465 e. The van der Waals surface area contributed by atoms with Gasteiger partial charge >= 0.3 is 5.97 Å². The molecule has 0 spiro atoms. The maximum absolute atomic E-state index is 11.9. The van der Waals surface area contributed by atoms with Crippen molar-refractivity contribution in [3.8, 4) is 0 Å². The van der Waals surface area contributed by atoms with E-state index >= 15 is 0 Å². The molecule has 24 heavy (non-hydrogen) atoms. The molecule has 0 saturated carbocycles. The molecular weight excluding hydrogens is 350 g/mol. The summed E-state index contributed by atoms with van der Waals surface area (Å²) in [6.07, 6.45) is 0.527. The second-order valence-corrected chi connectivity index (χ2v) is 6.26. The first-order valence-electron chi connectivity index (χ1n) is 7.22. The molecule has 0 aliphatic heterocycles. The van der Waals surface area contributed by atoms with Crippen LogP contribution in [-0.4, -0.2) is 40.6 Å². The van der Waals surface area contributed by atoms with Crippen molar-refractivity contribution in [3.63, 3.8) is 0 Å². The molecule has 0 aliphatic rings. The fraction of sp³-hybridized carbons (Fsp3) is 0.375. The van der Waals surface area contributed by atoms with E-state index in [0.29, 0.717) is 12.0 Å². The number of benzene rings is 1. The largest absolute Gasteiger partial charge is 0.465 e. The summed E-state index contributed by atoms with van der Waals surface area (Å²) in [5.41, 5.74) is 8.24. The lowest BCUT2D eigenvalue weighted by molar-refractivity contribution is 0.0597. The molecule has 1 unspecified atom stereocenters. The number of aryl methyl sites for hydroxylation is 2. The molecule has 8 heteroatoms. The van der Waals surface area contributed by atoms with Crippen LogP contribution in [0, 0.1) is 6.92 Å². The number of methoxy groups -OCH3 is 1. The van der Waals surface area contributed by atoms with Crippen molar-refractivity contribution in [1.82, 2.24) is 9.78 Å². The molecule has 132 valence electrons. The predicted molar refractivity (Wildman–Crippen MR) is 95.9 cm³/mol. The highest BCUT2D eigenvalue weighted by Crippen LogP contribution is 2.34. The lowest BCUT2D eigenvalue weighted by atomic mass is 10.1. The summed E-state index contributed by atoms with van der Waals surface area (Å²) in [5.74, 6) is -0.374. The Morgan fingerprint density at radius 3 is 2.75 bits per heavy atom. The Morgan fingerprint density at radius 2 is 2.12 bits per heavy atom. The van der Waals surface area contributed by atoms with Gasteiger partial charge in [-0.05, 0) is 25.5 Å². The fourth-order valence-electron chi connectivity index (χ4n) is 2.31. The molecule has 1 atom stereocenters. The van der Waals surface area contributed by atoms with Gasteiger partial charge in [-0.3, -0.25) is 4.68 Å². The minimum atomic E-state index is -0.374. The van der Waals surface area contributed by atoms with E-state index in [1.54, 1.807) is 16.8 Å². The molecule has 0 fully saturated rings. The molecule has 0 bridgehead atoms. The SMILES string of the molecule is COC(=O)c1ccccc1Sc1c(CC(N)CO)c(C)nn1C.Cl. The Labute approximate surface area is 151 Å². The zero-order valence-corrected chi connectivity index (χ0v) is 15.5. The van der Waals surface area contributed by atoms with Crippen LogP contribution in [0.1, 0.15) is 21.6 Å². The zero-order chi connectivity index (χ0) is 17.0. The van der Waals surface area contributed by atoms with E-state index in [0.717, 1.165) is 21.2 Å². The van der Waals surface area contributed by atoms with Crippen LogP contribution in [0.5, 0.6) is 0 Å². The van der Waals surface area contributed by atoms with E-state index < -0.39 is 0 Å². The molecule has 1 aromatic heterocycles. The number of ether oxygens (including phenoxy) is 1.